The molecule has 3 rings (SSSR count). The molecule has 0 aliphatic carbocycles. The number of imidazole rings is 1. The molecule has 0 fully saturated rings. The third-order valence-corrected chi connectivity index (χ3v) is 3.60. The number of fused-ring (bicyclic) bond motifs is 1. The van der Waals surface area contributed by atoms with Gasteiger partial charge in [-0.05, 0) is 40.2 Å². The lowest BCUT2D eigenvalue weighted by molar-refractivity contribution is 0.628. The van der Waals surface area contributed by atoms with Gasteiger partial charge in [0.2, 0.25) is 0 Å². The highest BCUT2D eigenvalue weighted by atomic mass is 79.9. The molecule has 0 bridgehead atoms. The van der Waals surface area contributed by atoms with Crippen LogP contribution >= 0.6 is 15.9 Å². The molecule has 0 saturated carbocycles. The molecule has 0 spiro atoms. The number of halogens is 2. The van der Waals surface area contributed by atoms with Crippen LogP contribution in [0.2, 0.25) is 0 Å². The fourth-order valence-corrected chi connectivity index (χ4v) is 2.40. The van der Waals surface area contributed by atoms with E-state index >= 15 is 0 Å². The van der Waals surface area contributed by atoms with Crippen LogP contribution in [-0.2, 0) is 6.54 Å². The zero-order valence-electron chi connectivity index (χ0n) is 9.85. The Morgan fingerprint density at radius 3 is 2.84 bits per heavy atom. The highest BCUT2D eigenvalue weighted by Gasteiger charge is 2.10. The lowest BCUT2D eigenvalue weighted by atomic mass is 10.1. The molecular formula is C13H10BrFN4. The fraction of sp³-hybridized carbons (Fsp3) is 0.0769. The Morgan fingerprint density at radius 2 is 2.11 bits per heavy atom. The van der Waals surface area contributed by atoms with Crippen LogP contribution in [0, 0.1) is 5.82 Å². The molecule has 96 valence electrons. The highest BCUT2D eigenvalue weighted by molar-refractivity contribution is 9.10. The van der Waals surface area contributed by atoms with Gasteiger partial charge >= 0.3 is 0 Å². The van der Waals surface area contributed by atoms with E-state index in [2.05, 4.69) is 26.0 Å². The van der Waals surface area contributed by atoms with Crippen molar-refractivity contribution in [2.24, 2.45) is 5.73 Å². The van der Waals surface area contributed by atoms with Gasteiger partial charge in [-0.3, -0.25) is 0 Å². The van der Waals surface area contributed by atoms with Gasteiger partial charge in [0, 0.05) is 12.1 Å². The van der Waals surface area contributed by atoms with E-state index in [1.165, 1.54) is 12.1 Å². The number of nitrogens with two attached hydrogens (primary N) is 1. The Balaban J connectivity index is 2.18. The van der Waals surface area contributed by atoms with Crippen LogP contribution in [0.3, 0.4) is 0 Å². The molecule has 0 atom stereocenters. The van der Waals surface area contributed by atoms with E-state index in [-0.39, 0.29) is 5.82 Å². The first kappa shape index (κ1) is 12.3. The smallest absolute Gasteiger partial charge is 0.155 e. The third kappa shape index (κ3) is 2.13. The van der Waals surface area contributed by atoms with Crippen molar-refractivity contribution in [2.45, 2.75) is 6.54 Å². The zero-order chi connectivity index (χ0) is 13.4. The first-order valence-electron chi connectivity index (χ1n) is 5.69. The summed E-state index contributed by atoms with van der Waals surface area (Å²) < 4.78 is 15.6. The molecule has 2 N–H and O–H groups in total. The first-order chi connectivity index (χ1) is 9.19. The van der Waals surface area contributed by atoms with Crippen molar-refractivity contribution >= 4 is 21.6 Å². The normalized spacial score (nSPS) is 11.1. The summed E-state index contributed by atoms with van der Waals surface area (Å²) in [7, 11) is 0. The molecule has 2 aromatic heterocycles. The Labute approximate surface area is 117 Å². The van der Waals surface area contributed by atoms with Gasteiger partial charge in [-0.25, -0.2) is 13.9 Å². The van der Waals surface area contributed by atoms with Crippen LogP contribution in [-0.4, -0.2) is 14.6 Å². The maximum Gasteiger partial charge on any atom is 0.155 e. The van der Waals surface area contributed by atoms with Crippen LogP contribution < -0.4 is 5.73 Å². The van der Waals surface area contributed by atoms with E-state index in [1.54, 1.807) is 10.6 Å². The van der Waals surface area contributed by atoms with Gasteiger partial charge in [-0.15, -0.1) is 0 Å². The molecular weight excluding hydrogens is 311 g/mol. The molecule has 0 unspecified atom stereocenters. The fourth-order valence-electron chi connectivity index (χ4n) is 1.88. The standard InChI is InChI=1S/C13H10BrFN4/c14-13-11(7-16)17-12-5-4-10(18-19(12)13)8-2-1-3-9(15)6-8/h1-6H,7,16H2. The van der Waals surface area contributed by atoms with Gasteiger partial charge in [-0.2, -0.15) is 5.10 Å². The average Bonchev–Trinajstić information content (AvgIpc) is 2.75. The number of hydrogen-bond donors (Lipinski definition) is 1. The Hall–Kier alpha value is -1.79. The molecule has 6 heteroatoms. The number of hydrogen-bond acceptors (Lipinski definition) is 3. The van der Waals surface area contributed by atoms with Crippen molar-refractivity contribution in [1.29, 1.82) is 0 Å². The molecule has 0 amide bonds. The summed E-state index contributed by atoms with van der Waals surface area (Å²) >= 11 is 3.42. The minimum atomic E-state index is -0.285. The lowest BCUT2D eigenvalue weighted by Crippen LogP contribution is -1.98. The third-order valence-electron chi connectivity index (χ3n) is 2.80. The van der Waals surface area contributed by atoms with Gasteiger partial charge in [0.25, 0.3) is 0 Å². The molecule has 0 saturated heterocycles. The second-order valence-corrected chi connectivity index (χ2v) is 4.80. The van der Waals surface area contributed by atoms with Crippen LogP contribution in [0.25, 0.3) is 16.9 Å². The molecule has 19 heavy (non-hydrogen) atoms. The van der Waals surface area contributed by atoms with E-state index in [4.69, 9.17) is 5.73 Å². The molecule has 4 nitrogen and oxygen atoms in total. The Kier molecular flexibility index (Phi) is 3.04. The van der Waals surface area contributed by atoms with E-state index < -0.39 is 0 Å². The van der Waals surface area contributed by atoms with Crippen LogP contribution in [0.5, 0.6) is 0 Å². The highest BCUT2D eigenvalue weighted by Crippen LogP contribution is 2.22. The van der Waals surface area contributed by atoms with Crippen molar-refractivity contribution in [3.8, 4) is 11.3 Å². The Morgan fingerprint density at radius 1 is 1.26 bits per heavy atom. The minimum Gasteiger partial charge on any atom is -0.325 e. The van der Waals surface area contributed by atoms with Crippen molar-refractivity contribution in [3.05, 3.63) is 52.5 Å². The summed E-state index contributed by atoms with van der Waals surface area (Å²) in [6.45, 7) is 0.333. The topological polar surface area (TPSA) is 56.2 Å². The maximum atomic E-state index is 13.2. The van der Waals surface area contributed by atoms with Crippen molar-refractivity contribution in [1.82, 2.24) is 14.6 Å². The van der Waals surface area contributed by atoms with Crippen molar-refractivity contribution in [3.63, 3.8) is 0 Å². The lowest BCUT2D eigenvalue weighted by Gasteiger charge is -2.02. The number of rotatable bonds is 2. The first-order valence-corrected chi connectivity index (χ1v) is 6.48. The second kappa shape index (κ2) is 4.71. The summed E-state index contributed by atoms with van der Waals surface area (Å²) in [5, 5.41) is 4.44. The second-order valence-electron chi connectivity index (χ2n) is 4.05. The van der Waals surface area contributed by atoms with Crippen LogP contribution in [0.1, 0.15) is 5.69 Å². The predicted octanol–water partition coefficient (Wildman–Crippen LogP) is 2.76. The average molecular weight is 321 g/mol. The molecule has 3 aromatic rings. The SMILES string of the molecule is NCc1nc2ccc(-c3cccc(F)c3)nn2c1Br. The van der Waals surface area contributed by atoms with Gasteiger partial charge in [0.15, 0.2) is 5.65 Å². The largest absolute Gasteiger partial charge is 0.325 e. The van der Waals surface area contributed by atoms with E-state index in [0.717, 1.165) is 15.9 Å². The molecule has 2 heterocycles. The van der Waals surface area contributed by atoms with E-state index in [9.17, 15) is 4.39 Å². The number of aromatic nitrogens is 3. The zero-order valence-corrected chi connectivity index (χ0v) is 11.4. The van der Waals surface area contributed by atoms with E-state index in [0.29, 0.717) is 17.9 Å². The molecule has 1 aromatic carbocycles. The quantitative estimate of drug-likeness (QED) is 0.790. The summed E-state index contributed by atoms with van der Waals surface area (Å²) in [4.78, 5) is 4.34. The van der Waals surface area contributed by atoms with E-state index in [1.807, 2.05) is 18.2 Å². The summed E-state index contributed by atoms with van der Waals surface area (Å²) in [6.07, 6.45) is 0. The number of benzene rings is 1. The van der Waals surface area contributed by atoms with Gasteiger partial charge in [0.1, 0.15) is 10.4 Å². The van der Waals surface area contributed by atoms with Gasteiger partial charge in [-0.1, -0.05) is 12.1 Å². The monoisotopic (exact) mass is 320 g/mol. The van der Waals surface area contributed by atoms with Crippen LogP contribution in [0.15, 0.2) is 41.0 Å². The minimum absolute atomic E-state index is 0.285. The predicted molar refractivity (Wildman–Crippen MR) is 74.0 cm³/mol. The maximum absolute atomic E-state index is 13.2. The molecule has 0 aliphatic heterocycles. The van der Waals surface area contributed by atoms with Gasteiger partial charge in [0.05, 0.1) is 11.4 Å². The summed E-state index contributed by atoms with van der Waals surface area (Å²) in [5.74, 6) is -0.285. The van der Waals surface area contributed by atoms with Crippen LogP contribution in [0.4, 0.5) is 4.39 Å². The number of nitrogens with zero attached hydrogens (tertiary/aromatic N) is 3. The van der Waals surface area contributed by atoms with Crippen molar-refractivity contribution in [2.75, 3.05) is 0 Å². The van der Waals surface area contributed by atoms with Gasteiger partial charge < -0.3 is 5.73 Å². The summed E-state index contributed by atoms with van der Waals surface area (Å²) in [6, 6.07) is 9.96. The van der Waals surface area contributed by atoms with Crippen molar-refractivity contribution < 1.29 is 4.39 Å². The molecule has 0 aliphatic rings. The Bertz CT molecular complexity index is 753. The molecule has 0 radical (unpaired) electrons. The summed E-state index contributed by atoms with van der Waals surface area (Å²) in [5.41, 5.74) is 8.44.